The van der Waals surface area contributed by atoms with Crippen LogP contribution in [0.1, 0.15) is 22.9 Å². The highest BCUT2D eigenvalue weighted by Crippen LogP contribution is 2.42. The quantitative estimate of drug-likeness (QED) is 0.706. The third-order valence-electron chi connectivity index (χ3n) is 4.71. The van der Waals surface area contributed by atoms with Gasteiger partial charge >= 0.3 is 0 Å². The molecule has 1 aliphatic rings. The molecule has 0 saturated carbocycles. The highest BCUT2D eigenvalue weighted by atomic mass is 32.1. The van der Waals surface area contributed by atoms with Crippen LogP contribution in [0.15, 0.2) is 53.9 Å². The van der Waals surface area contributed by atoms with Crippen LogP contribution in [0.3, 0.4) is 0 Å². The molecule has 1 N–H and O–H groups in total. The summed E-state index contributed by atoms with van der Waals surface area (Å²) >= 11 is 1.56. The van der Waals surface area contributed by atoms with Crippen molar-refractivity contribution in [3.63, 3.8) is 0 Å². The van der Waals surface area contributed by atoms with Gasteiger partial charge in [-0.05, 0) is 53.8 Å². The van der Waals surface area contributed by atoms with E-state index in [1.165, 1.54) is 12.1 Å². The SMILES string of the molecule is CC1(c2cccs2)OCC(=O)Nc2ccc(-c3ccc(F)c(C#N)c3)cc21. The Hall–Kier alpha value is -3.01. The molecule has 4 nitrogen and oxygen atoms in total. The van der Waals surface area contributed by atoms with Crippen LogP contribution in [0.2, 0.25) is 0 Å². The molecule has 0 aliphatic carbocycles. The summed E-state index contributed by atoms with van der Waals surface area (Å²) in [5.41, 5.74) is 2.23. The second-order valence-corrected chi connectivity index (χ2v) is 7.36. The van der Waals surface area contributed by atoms with Crippen molar-refractivity contribution in [3.05, 3.63) is 75.7 Å². The maximum atomic E-state index is 13.7. The Morgan fingerprint density at radius 3 is 2.74 bits per heavy atom. The van der Waals surface area contributed by atoms with E-state index in [0.717, 1.165) is 21.6 Å². The zero-order valence-corrected chi connectivity index (χ0v) is 15.3. The second-order valence-electron chi connectivity index (χ2n) is 6.41. The van der Waals surface area contributed by atoms with Gasteiger partial charge in [-0.15, -0.1) is 11.3 Å². The first-order valence-electron chi connectivity index (χ1n) is 8.33. The summed E-state index contributed by atoms with van der Waals surface area (Å²) < 4.78 is 19.7. The lowest BCUT2D eigenvalue weighted by molar-refractivity contribution is -0.124. The summed E-state index contributed by atoms with van der Waals surface area (Å²) in [6.45, 7) is 1.89. The number of hydrogen-bond acceptors (Lipinski definition) is 4. The van der Waals surface area contributed by atoms with E-state index in [1.54, 1.807) is 17.4 Å². The Kier molecular flexibility index (Phi) is 4.27. The minimum absolute atomic E-state index is 0.00647. The van der Waals surface area contributed by atoms with Gasteiger partial charge in [0.05, 0.1) is 5.56 Å². The van der Waals surface area contributed by atoms with Crippen molar-refractivity contribution in [2.24, 2.45) is 0 Å². The number of benzene rings is 2. The molecular formula is C21H15FN2O2S. The largest absolute Gasteiger partial charge is 0.355 e. The summed E-state index contributed by atoms with van der Waals surface area (Å²) in [5.74, 6) is -0.757. The molecule has 0 saturated heterocycles. The number of halogens is 1. The van der Waals surface area contributed by atoms with Gasteiger partial charge in [0, 0.05) is 16.1 Å². The molecule has 0 fully saturated rings. The summed E-state index contributed by atoms with van der Waals surface area (Å²) in [7, 11) is 0. The lowest BCUT2D eigenvalue weighted by atomic mass is 9.89. The molecule has 1 atom stereocenters. The average Bonchev–Trinajstić information content (AvgIpc) is 3.18. The second kappa shape index (κ2) is 6.62. The molecule has 1 aliphatic heterocycles. The number of carbonyl (C=O) groups excluding carboxylic acids is 1. The van der Waals surface area contributed by atoms with Crippen LogP contribution in [0.5, 0.6) is 0 Å². The number of amides is 1. The molecule has 2 heterocycles. The molecule has 2 aromatic carbocycles. The van der Waals surface area contributed by atoms with Crippen LogP contribution in [0.25, 0.3) is 11.1 Å². The fourth-order valence-electron chi connectivity index (χ4n) is 3.25. The van der Waals surface area contributed by atoms with Crippen LogP contribution < -0.4 is 5.32 Å². The molecule has 0 radical (unpaired) electrons. The van der Waals surface area contributed by atoms with Gasteiger partial charge in [0.25, 0.3) is 0 Å². The highest BCUT2D eigenvalue weighted by molar-refractivity contribution is 7.10. The van der Waals surface area contributed by atoms with Crippen molar-refractivity contribution in [1.29, 1.82) is 5.26 Å². The standard InChI is InChI=1S/C21H15FN2O2S/c1-21(19-3-2-8-27-19)16-10-14(5-7-18(16)24-20(25)12-26-21)13-4-6-17(22)15(9-13)11-23/h2-10H,12H2,1H3,(H,24,25). The predicted octanol–water partition coefficient (Wildman–Crippen LogP) is 4.66. The molecule has 6 heteroatoms. The lowest BCUT2D eigenvalue weighted by Gasteiger charge is -2.29. The number of rotatable bonds is 2. The number of anilines is 1. The number of nitrogens with one attached hydrogen (secondary N) is 1. The number of nitrogens with zero attached hydrogens (tertiary/aromatic N) is 1. The zero-order chi connectivity index (χ0) is 19.0. The fraction of sp³-hybridized carbons (Fsp3) is 0.143. The van der Waals surface area contributed by atoms with Crippen molar-refractivity contribution in [1.82, 2.24) is 0 Å². The number of ether oxygens (including phenoxy) is 1. The van der Waals surface area contributed by atoms with Crippen LogP contribution in [0, 0.1) is 17.1 Å². The van der Waals surface area contributed by atoms with Gasteiger partial charge in [0.2, 0.25) is 5.91 Å². The van der Waals surface area contributed by atoms with Crippen LogP contribution in [0.4, 0.5) is 10.1 Å². The Balaban J connectivity index is 1.89. The van der Waals surface area contributed by atoms with Gasteiger partial charge < -0.3 is 10.1 Å². The summed E-state index contributed by atoms with van der Waals surface area (Å²) in [4.78, 5) is 13.0. The molecule has 0 spiro atoms. The van der Waals surface area contributed by atoms with E-state index in [1.807, 2.05) is 48.7 Å². The monoisotopic (exact) mass is 378 g/mol. The van der Waals surface area contributed by atoms with Crippen LogP contribution in [-0.4, -0.2) is 12.5 Å². The van der Waals surface area contributed by atoms with E-state index in [0.29, 0.717) is 5.69 Å². The lowest BCUT2D eigenvalue weighted by Crippen LogP contribution is -2.27. The van der Waals surface area contributed by atoms with Crippen molar-refractivity contribution >= 4 is 22.9 Å². The Morgan fingerprint density at radius 2 is 2.00 bits per heavy atom. The third kappa shape index (κ3) is 3.01. The van der Waals surface area contributed by atoms with E-state index in [2.05, 4.69) is 5.32 Å². The first kappa shape index (κ1) is 17.4. The van der Waals surface area contributed by atoms with Gasteiger partial charge in [-0.1, -0.05) is 18.2 Å². The van der Waals surface area contributed by atoms with Gasteiger partial charge in [0.1, 0.15) is 24.1 Å². The highest BCUT2D eigenvalue weighted by Gasteiger charge is 2.37. The number of thiophene rings is 1. The fourth-order valence-corrected chi connectivity index (χ4v) is 4.10. The van der Waals surface area contributed by atoms with Gasteiger partial charge in [-0.25, -0.2) is 4.39 Å². The van der Waals surface area contributed by atoms with Crippen molar-refractivity contribution < 1.29 is 13.9 Å². The zero-order valence-electron chi connectivity index (χ0n) is 14.5. The van der Waals surface area contributed by atoms with E-state index >= 15 is 0 Å². The van der Waals surface area contributed by atoms with Crippen molar-refractivity contribution in [2.75, 3.05) is 11.9 Å². The molecule has 1 aromatic heterocycles. The Labute approximate surface area is 159 Å². The maximum absolute atomic E-state index is 13.7. The molecular weight excluding hydrogens is 363 g/mol. The normalized spacial score (nSPS) is 18.9. The van der Waals surface area contributed by atoms with E-state index in [-0.39, 0.29) is 18.1 Å². The molecule has 4 rings (SSSR count). The molecule has 0 bridgehead atoms. The summed E-state index contributed by atoms with van der Waals surface area (Å²) in [6.07, 6.45) is 0. The van der Waals surface area contributed by atoms with E-state index in [4.69, 9.17) is 10.00 Å². The van der Waals surface area contributed by atoms with Gasteiger partial charge in [-0.2, -0.15) is 5.26 Å². The molecule has 1 amide bonds. The minimum atomic E-state index is -0.795. The molecule has 3 aromatic rings. The maximum Gasteiger partial charge on any atom is 0.250 e. The summed E-state index contributed by atoms with van der Waals surface area (Å²) in [5, 5.41) is 13.9. The first-order valence-corrected chi connectivity index (χ1v) is 9.21. The van der Waals surface area contributed by atoms with Crippen LogP contribution >= 0.6 is 11.3 Å². The molecule has 27 heavy (non-hydrogen) atoms. The van der Waals surface area contributed by atoms with E-state index < -0.39 is 11.4 Å². The number of fused-ring (bicyclic) bond motifs is 1. The van der Waals surface area contributed by atoms with Gasteiger partial charge in [-0.3, -0.25) is 4.79 Å². The number of hydrogen-bond donors (Lipinski definition) is 1. The third-order valence-corrected chi connectivity index (χ3v) is 5.78. The van der Waals surface area contributed by atoms with Crippen molar-refractivity contribution in [2.45, 2.75) is 12.5 Å². The number of carbonyl (C=O) groups is 1. The molecule has 134 valence electrons. The average molecular weight is 378 g/mol. The smallest absolute Gasteiger partial charge is 0.250 e. The van der Waals surface area contributed by atoms with Crippen LogP contribution in [-0.2, 0) is 15.1 Å². The van der Waals surface area contributed by atoms with E-state index in [9.17, 15) is 9.18 Å². The number of nitriles is 1. The minimum Gasteiger partial charge on any atom is -0.355 e. The molecule has 1 unspecified atom stereocenters. The predicted molar refractivity (Wildman–Crippen MR) is 102 cm³/mol. The van der Waals surface area contributed by atoms with Crippen molar-refractivity contribution in [3.8, 4) is 17.2 Å². The summed E-state index contributed by atoms with van der Waals surface area (Å²) in [6, 6.07) is 15.8. The topological polar surface area (TPSA) is 62.1 Å². The Bertz CT molecular complexity index is 1070. The Morgan fingerprint density at radius 1 is 1.22 bits per heavy atom. The van der Waals surface area contributed by atoms with Gasteiger partial charge in [0.15, 0.2) is 0 Å². The first-order chi connectivity index (χ1) is 13.0.